The molecule has 0 radical (unpaired) electrons. The van der Waals surface area contributed by atoms with Crippen molar-refractivity contribution >= 4 is 43.4 Å². The van der Waals surface area contributed by atoms with Crippen molar-refractivity contribution in [3.05, 3.63) is 134 Å². The summed E-state index contributed by atoms with van der Waals surface area (Å²) in [5, 5.41) is 3.49. The second-order valence-electron chi connectivity index (χ2n) is 9.61. The molecule has 0 aliphatic carbocycles. The molecule has 0 bridgehead atoms. The van der Waals surface area contributed by atoms with Gasteiger partial charge < -0.3 is 9.13 Å². The molecular formula is C34H22N4S. The van der Waals surface area contributed by atoms with E-state index in [0.717, 1.165) is 38.7 Å². The van der Waals surface area contributed by atoms with Crippen LogP contribution in [0.5, 0.6) is 0 Å². The van der Waals surface area contributed by atoms with Gasteiger partial charge in [0.05, 0.1) is 26.9 Å². The predicted molar refractivity (Wildman–Crippen MR) is 162 cm³/mol. The minimum atomic E-state index is 0.967. The number of rotatable bonds is 4. The highest BCUT2D eigenvalue weighted by Crippen LogP contribution is 2.37. The first kappa shape index (κ1) is 22.0. The molecule has 0 aliphatic heterocycles. The van der Waals surface area contributed by atoms with Gasteiger partial charge >= 0.3 is 0 Å². The van der Waals surface area contributed by atoms with E-state index >= 15 is 0 Å². The minimum absolute atomic E-state index is 0.967. The Morgan fingerprint density at radius 1 is 0.590 bits per heavy atom. The topological polar surface area (TPSA) is 35.6 Å². The normalized spacial score (nSPS) is 11.6. The summed E-state index contributed by atoms with van der Waals surface area (Å²) in [6.45, 7) is 0. The SMILES string of the molecule is c1ccc(-c2cccc(-n3c4ccccc4c4ccc(-c5nc6cc(-n7cccc7)ccc6s5)cc43)c2)nc1. The van der Waals surface area contributed by atoms with Crippen molar-refractivity contribution in [1.82, 2.24) is 19.1 Å². The maximum atomic E-state index is 5.06. The number of hydrogen-bond acceptors (Lipinski definition) is 3. The zero-order valence-electron chi connectivity index (χ0n) is 20.9. The zero-order chi connectivity index (χ0) is 25.8. The van der Waals surface area contributed by atoms with Crippen LogP contribution in [0.4, 0.5) is 0 Å². The van der Waals surface area contributed by atoms with Gasteiger partial charge in [-0.3, -0.25) is 4.98 Å². The first-order valence-corrected chi connectivity index (χ1v) is 13.7. The van der Waals surface area contributed by atoms with Crippen LogP contribution in [-0.2, 0) is 0 Å². The number of pyridine rings is 1. The minimum Gasteiger partial charge on any atom is -0.324 e. The third-order valence-electron chi connectivity index (χ3n) is 7.26. The molecule has 0 unspecified atom stereocenters. The van der Waals surface area contributed by atoms with Crippen molar-refractivity contribution in [3.63, 3.8) is 0 Å². The van der Waals surface area contributed by atoms with Crippen LogP contribution < -0.4 is 0 Å². The molecule has 0 saturated carbocycles. The van der Waals surface area contributed by atoms with Crippen LogP contribution >= 0.6 is 11.3 Å². The van der Waals surface area contributed by atoms with Crippen molar-refractivity contribution in [3.8, 4) is 33.2 Å². The average Bonchev–Trinajstić information content (AvgIpc) is 3.75. The maximum Gasteiger partial charge on any atom is 0.124 e. The average molecular weight is 519 g/mol. The number of aromatic nitrogens is 4. The number of benzene rings is 4. The quantitative estimate of drug-likeness (QED) is 0.233. The van der Waals surface area contributed by atoms with Crippen LogP contribution in [0.15, 0.2) is 134 Å². The fourth-order valence-corrected chi connectivity index (χ4v) is 6.37. The number of thiazole rings is 1. The van der Waals surface area contributed by atoms with Gasteiger partial charge in [-0.1, -0.05) is 48.5 Å². The summed E-state index contributed by atoms with van der Waals surface area (Å²) in [5.41, 5.74) is 8.79. The molecule has 0 atom stereocenters. The molecule has 39 heavy (non-hydrogen) atoms. The van der Waals surface area contributed by atoms with Crippen LogP contribution in [0.3, 0.4) is 0 Å². The Kier molecular flexibility index (Phi) is 4.96. The van der Waals surface area contributed by atoms with Crippen molar-refractivity contribution in [1.29, 1.82) is 0 Å². The van der Waals surface area contributed by atoms with Crippen LogP contribution in [0.1, 0.15) is 0 Å². The Morgan fingerprint density at radius 3 is 2.36 bits per heavy atom. The molecule has 0 spiro atoms. The third kappa shape index (κ3) is 3.67. The highest BCUT2D eigenvalue weighted by atomic mass is 32.1. The van der Waals surface area contributed by atoms with Gasteiger partial charge in [0.1, 0.15) is 5.01 Å². The molecule has 0 saturated heterocycles. The molecule has 8 aromatic rings. The molecule has 8 rings (SSSR count). The first-order chi connectivity index (χ1) is 19.3. The summed E-state index contributed by atoms with van der Waals surface area (Å²) >= 11 is 1.74. The van der Waals surface area contributed by atoms with E-state index in [4.69, 9.17) is 4.98 Å². The van der Waals surface area contributed by atoms with E-state index in [0.29, 0.717) is 0 Å². The molecule has 4 nitrogen and oxygen atoms in total. The van der Waals surface area contributed by atoms with E-state index in [1.165, 1.54) is 26.5 Å². The Morgan fingerprint density at radius 2 is 1.46 bits per heavy atom. The van der Waals surface area contributed by atoms with Crippen LogP contribution in [0.25, 0.3) is 65.2 Å². The van der Waals surface area contributed by atoms with Crippen LogP contribution in [0, 0.1) is 0 Å². The van der Waals surface area contributed by atoms with Gasteiger partial charge in [0.15, 0.2) is 0 Å². The van der Waals surface area contributed by atoms with E-state index in [-0.39, 0.29) is 0 Å². The lowest BCUT2D eigenvalue weighted by atomic mass is 10.1. The molecule has 0 aliphatic rings. The molecule has 4 heterocycles. The summed E-state index contributed by atoms with van der Waals surface area (Å²) in [4.78, 5) is 9.63. The molecule has 0 N–H and O–H groups in total. The number of fused-ring (bicyclic) bond motifs is 4. The van der Waals surface area contributed by atoms with E-state index < -0.39 is 0 Å². The van der Waals surface area contributed by atoms with E-state index in [1.807, 2.05) is 30.5 Å². The molecule has 0 fully saturated rings. The van der Waals surface area contributed by atoms with Gasteiger partial charge in [-0.15, -0.1) is 11.3 Å². The number of hydrogen-bond donors (Lipinski definition) is 0. The van der Waals surface area contributed by atoms with Gasteiger partial charge in [-0.25, -0.2) is 4.98 Å². The van der Waals surface area contributed by atoms with Crippen LogP contribution in [-0.4, -0.2) is 19.1 Å². The third-order valence-corrected chi connectivity index (χ3v) is 8.34. The summed E-state index contributed by atoms with van der Waals surface area (Å²) in [6, 6.07) is 40.6. The van der Waals surface area contributed by atoms with Gasteiger partial charge in [-0.2, -0.15) is 0 Å². The van der Waals surface area contributed by atoms with Gasteiger partial charge in [0, 0.05) is 51.9 Å². The van der Waals surface area contributed by atoms with Crippen molar-refractivity contribution in [2.24, 2.45) is 0 Å². The Hall–Kier alpha value is -5.00. The molecule has 4 aromatic carbocycles. The van der Waals surface area contributed by atoms with Gasteiger partial charge in [0.25, 0.3) is 0 Å². The van der Waals surface area contributed by atoms with Crippen molar-refractivity contribution < 1.29 is 0 Å². The Labute approximate surface area is 229 Å². The van der Waals surface area contributed by atoms with E-state index in [9.17, 15) is 0 Å². The fraction of sp³-hybridized carbons (Fsp3) is 0. The number of para-hydroxylation sites is 1. The largest absolute Gasteiger partial charge is 0.324 e. The van der Waals surface area contributed by atoms with E-state index in [2.05, 4.69) is 118 Å². The fourth-order valence-electron chi connectivity index (χ4n) is 5.43. The lowest BCUT2D eigenvalue weighted by molar-refractivity contribution is 1.08. The maximum absolute atomic E-state index is 5.06. The molecule has 4 aromatic heterocycles. The van der Waals surface area contributed by atoms with Crippen molar-refractivity contribution in [2.45, 2.75) is 0 Å². The summed E-state index contributed by atoms with van der Waals surface area (Å²) in [7, 11) is 0. The highest BCUT2D eigenvalue weighted by Gasteiger charge is 2.15. The zero-order valence-corrected chi connectivity index (χ0v) is 21.7. The predicted octanol–water partition coefficient (Wildman–Crippen LogP) is 8.91. The summed E-state index contributed by atoms with van der Waals surface area (Å²) in [5.74, 6) is 0. The Bertz CT molecular complexity index is 2120. The second-order valence-corrected chi connectivity index (χ2v) is 10.6. The summed E-state index contributed by atoms with van der Waals surface area (Å²) < 4.78 is 5.66. The first-order valence-electron chi connectivity index (χ1n) is 12.9. The standard InChI is InChI=1S/C34H22N4S/c1-2-12-31-27(10-1)28-15-13-24(34-36-30-22-25(14-16-33(30)39-34)37-18-5-6-19-37)21-32(28)38(31)26-9-7-8-23(20-26)29-11-3-4-17-35-29/h1-22H. The smallest absolute Gasteiger partial charge is 0.124 e. The lowest BCUT2D eigenvalue weighted by Crippen LogP contribution is -1.95. The van der Waals surface area contributed by atoms with Gasteiger partial charge in [0.2, 0.25) is 0 Å². The van der Waals surface area contributed by atoms with Gasteiger partial charge in [-0.05, 0) is 66.7 Å². The molecule has 0 amide bonds. The molecule has 5 heteroatoms. The second kappa shape index (κ2) is 8.79. The van der Waals surface area contributed by atoms with Crippen molar-refractivity contribution in [2.75, 3.05) is 0 Å². The number of nitrogens with zero attached hydrogens (tertiary/aromatic N) is 4. The molecule has 184 valence electrons. The Balaban J connectivity index is 1.31. The summed E-state index contributed by atoms with van der Waals surface area (Å²) in [6.07, 6.45) is 5.96. The monoisotopic (exact) mass is 518 g/mol. The van der Waals surface area contributed by atoms with E-state index in [1.54, 1.807) is 11.3 Å². The van der Waals surface area contributed by atoms with Crippen LogP contribution in [0.2, 0.25) is 0 Å². The highest BCUT2D eigenvalue weighted by molar-refractivity contribution is 7.21. The molecular weight excluding hydrogens is 496 g/mol. The lowest BCUT2D eigenvalue weighted by Gasteiger charge is -2.10.